The van der Waals surface area contributed by atoms with E-state index in [1.165, 1.54) is 28.1 Å². The standard InChI is InChI=1S/C27H22N2O4S.C25H18N2O4S.Na.H2O/c1-2-32-27(31)23-16-34-26(29-23)19-5-3-4-17(12-19)6-9-24(30)18-7-8-22-21-10-11-28-14-20(21)15-33-25(22)13-18;28-22(16-5-6-20-19-8-9-26-12-18(19)13-31-23(20)11-16)7-4-15-2-1-3-17(10-15)24-27-21(14-32-24)25(29)30;;/h3-5,7-8,10-14,16H,2,6,9,15H2,1H3;1-3,5-6,8-12,14H,4,7,13H2,(H,29,30);;1H2/q;;+1;/p-1. The summed E-state index contributed by atoms with van der Waals surface area (Å²) in [5, 5.41) is 13.7. The first-order valence-electron chi connectivity index (χ1n) is 21.2. The quantitative estimate of drug-likeness (QED) is 0.0667. The van der Waals surface area contributed by atoms with E-state index in [1.54, 1.807) is 30.9 Å². The molecule has 0 spiro atoms. The van der Waals surface area contributed by atoms with Gasteiger partial charge in [0.25, 0.3) is 0 Å². The Morgan fingerprint density at radius 2 is 1.12 bits per heavy atom. The van der Waals surface area contributed by atoms with E-state index in [4.69, 9.17) is 19.3 Å². The molecule has 0 atom stereocenters. The van der Waals surface area contributed by atoms with Gasteiger partial charge in [-0.2, -0.15) is 0 Å². The first-order chi connectivity index (χ1) is 32.2. The second kappa shape index (κ2) is 22.4. The Balaban J connectivity index is 0.000000196. The summed E-state index contributed by atoms with van der Waals surface area (Å²) >= 11 is 2.69. The van der Waals surface area contributed by atoms with Gasteiger partial charge in [-0.25, -0.2) is 19.6 Å². The average Bonchev–Trinajstić information content (AvgIpc) is 4.07. The Hall–Kier alpha value is -6.72. The number of rotatable bonds is 13. The number of thiazole rings is 2. The van der Waals surface area contributed by atoms with Crippen LogP contribution in [-0.4, -0.2) is 60.6 Å². The molecular formula is C52H41N4NaO9S2. The normalized spacial score (nSPS) is 11.5. The van der Waals surface area contributed by atoms with Crippen LogP contribution in [0.3, 0.4) is 0 Å². The number of ether oxygens (including phenoxy) is 3. The van der Waals surface area contributed by atoms with Crippen molar-refractivity contribution < 1.29 is 73.5 Å². The van der Waals surface area contributed by atoms with Gasteiger partial charge in [0.15, 0.2) is 23.0 Å². The fraction of sp³-hybridized carbons (Fsp3) is 0.154. The third kappa shape index (κ3) is 11.2. The number of nitrogens with zero attached hydrogens (tertiary/aromatic N) is 4. The molecule has 8 aromatic rings. The molecule has 2 aliphatic rings. The predicted octanol–water partition coefficient (Wildman–Crippen LogP) is 7.86. The van der Waals surface area contributed by atoms with E-state index in [-0.39, 0.29) is 52.3 Å². The molecule has 2 N–H and O–H groups in total. The first kappa shape index (κ1) is 49.2. The number of carboxylic acids is 1. The maximum atomic E-state index is 12.9. The van der Waals surface area contributed by atoms with Gasteiger partial charge in [-0.3, -0.25) is 19.6 Å². The zero-order valence-corrected chi connectivity index (χ0v) is 40.6. The van der Waals surface area contributed by atoms with Crippen LogP contribution >= 0.6 is 22.7 Å². The predicted molar refractivity (Wildman–Crippen MR) is 253 cm³/mol. The zero-order valence-electron chi connectivity index (χ0n) is 37.0. The van der Waals surface area contributed by atoms with Crippen molar-refractivity contribution in [2.45, 2.75) is 45.8 Å². The van der Waals surface area contributed by atoms with Crippen LogP contribution in [0.4, 0.5) is 0 Å². The molecule has 13 nitrogen and oxygen atoms in total. The number of pyridine rings is 2. The number of ketones is 2. The number of hydrogen-bond donors (Lipinski definition) is 1. The Morgan fingerprint density at radius 1 is 0.632 bits per heavy atom. The Kier molecular flexibility index (Phi) is 16.2. The van der Waals surface area contributed by atoms with Crippen molar-refractivity contribution in [3.63, 3.8) is 0 Å². The average molecular weight is 953 g/mol. The van der Waals surface area contributed by atoms with Crippen LogP contribution in [0.15, 0.2) is 133 Å². The summed E-state index contributed by atoms with van der Waals surface area (Å²) in [7, 11) is 0. The van der Waals surface area contributed by atoms with Crippen LogP contribution in [0.25, 0.3) is 43.4 Å². The smallest absolute Gasteiger partial charge is 0.870 e. The second-order valence-corrected chi connectivity index (χ2v) is 17.1. The molecule has 0 unspecified atom stereocenters. The third-order valence-corrected chi connectivity index (χ3v) is 12.9. The SMILES string of the molecule is CCOC(=O)c1csc(-c2cccc(CCC(=O)c3ccc4c(c3)OCc3cnccc3-4)c2)n1.O=C(CCc1cccc(-c2nc(C(=O)O)cs2)c1)c1ccc2c(c1)OCc1cnccc1-2.[Na+].[OH-]. The number of benzene rings is 4. The molecule has 10 rings (SSSR count). The number of aromatic carboxylic acids is 1. The van der Waals surface area contributed by atoms with Crippen molar-refractivity contribution >= 4 is 46.2 Å². The number of hydrogen-bond acceptors (Lipinski definition) is 14. The van der Waals surface area contributed by atoms with E-state index in [9.17, 15) is 19.2 Å². The summed E-state index contributed by atoms with van der Waals surface area (Å²) in [5.74, 6) is 0.104. The summed E-state index contributed by atoms with van der Waals surface area (Å²) in [4.78, 5) is 65.6. The minimum absolute atomic E-state index is 0. The van der Waals surface area contributed by atoms with E-state index in [1.807, 2.05) is 103 Å². The molecule has 336 valence electrons. The van der Waals surface area contributed by atoms with Gasteiger partial charge in [0.1, 0.15) is 34.7 Å². The number of carboxylic acid groups (broad SMARTS) is 1. The number of esters is 1. The maximum Gasteiger partial charge on any atom is 1.00 e. The van der Waals surface area contributed by atoms with Crippen LogP contribution in [0.1, 0.15) is 83.7 Å². The van der Waals surface area contributed by atoms with Crippen LogP contribution in [-0.2, 0) is 30.8 Å². The third-order valence-electron chi connectivity index (χ3n) is 11.1. The fourth-order valence-electron chi connectivity index (χ4n) is 7.73. The first-order valence-corrected chi connectivity index (χ1v) is 22.9. The molecule has 0 aliphatic carbocycles. The van der Waals surface area contributed by atoms with Gasteiger partial charge in [0.05, 0.1) is 6.61 Å². The Morgan fingerprint density at radius 3 is 1.59 bits per heavy atom. The molecule has 0 saturated heterocycles. The number of fused-ring (bicyclic) bond motifs is 6. The van der Waals surface area contributed by atoms with Gasteiger partial charge in [-0.15, -0.1) is 22.7 Å². The number of aromatic nitrogens is 4. The van der Waals surface area contributed by atoms with E-state index in [2.05, 4.69) is 19.9 Å². The molecular weight excluding hydrogens is 912 g/mol. The minimum atomic E-state index is -1.04. The van der Waals surface area contributed by atoms with Crippen LogP contribution < -0.4 is 39.0 Å². The minimum Gasteiger partial charge on any atom is -0.870 e. The molecule has 0 amide bonds. The molecule has 0 bridgehead atoms. The van der Waals surface area contributed by atoms with Crippen molar-refractivity contribution in [3.05, 3.63) is 177 Å². The molecule has 0 radical (unpaired) electrons. The molecule has 2 aliphatic heterocycles. The van der Waals surface area contributed by atoms with Crippen LogP contribution in [0, 0.1) is 0 Å². The summed E-state index contributed by atoms with van der Waals surface area (Å²) in [6, 6.07) is 30.8. The van der Waals surface area contributed by atoms with E-state index >= 15 is 0 Å². The second-order valence-electron chi connectivity index (χ2n) is 15.4. The number of carbonyl (C=O) groups excluding carboxylic acids is 3. The number of aryl methyl sites for hydroxylation is 2. The van der Waals surface area contributed by atoms with Gasteiger partial charge in [0, 0.05) is 92.9 Å². The number of Topliss-reactive ketones (excluding diaryl/α,β-unsaturated/α-hetero) is 2. The molecule has 4 aromatic heterocycles. The van der Waals surface area contributed by atoms with Crippen LogP contribution in [0.2, 0.25) is 0 Å². The molecule has 68 heavy (non-hydrogen) atoms. The molecule has 0 fully saturated rings. The molecule has 0 saturated carbocycles. The number of carbonyl (C=O) groups is 4. The van der Waals surface area contributed by atoms with Crippen molar-refractivity contribution in [2.24, 2.45) is 0 Å². The molecule has 4 aromatic carbocycles. The maximum absolute atomic E-state index is 12.9. The van der Waals surface area contributed by atoms with Gasteiger partial charge in [-0.05, 0) is 90.6 Å². The van der Waals surface area contributed by atoms with E-state index < -0.39 is 11.9 Å². The van der Waals surface area contributed by atoms with E-state index in [0.29, 0.717) is 67.3 Å². The van der Waals surface area contributed by atoms with E-state index in [0.717, 1.165) is 72.1 Å². The monoisotopic (exact) mass is 952 g/mol. The Bertz CT molecular complexity index is 3150. The summed E-state index contributed by atoms with van der Waals surface area (Å²) in [6.07, 6.45) is 9.08. The molecule has 16 heteroatoms. The zero-order chi connectivity index (χ0) is 45.6. The van der Waals surface area contributed by atoms with Gasteiger partial charge in [0.2, 0.25) is 0 Å². The Labute approximate surface area is 421 Å². The van der Waals surface area contributed by atoms with Gasteiger partial charge in [-0.1, -0.05) is 48.5 Å². The fourth-order valence-corrected chi connectivity index (χ4v) is 9.31. The summed E-state index contributed by atoms with van der Waals surface area (Å²) < 4.78 is 16.7. The van der Waals surface area contributed by atoms with Crippen molar-refractivity contribution in [1.29, 1.82) is 0 Å². The van der Waals surface area contributed by atoms with Gasteiger partial charge < -0.3 is 24.8 Å². The summed E-state index contributed by atoms with van der Waals surface area (Å²) in [6.45, 7) is 2.98. The van der Waals surface area contributed by atoms with Crippen LogP contribution in [0.5, 0.6) is 11.5 Å². The molecule has 6 heterocycles. The van der Waals surface area contributed by atoms with Crippen molar-refractivity contribution in [2.75, 3.05) is 6.61 Å². The summed E-state index contributed by atoms with van der Waals surface area (Å²) in [5.41, 5.74) is 11.7. The van der Waals surface area contributed by atoms with Crippen molar-refractivity contribution in [3.8, 4) is 54.9 Å². The largest absolute Gasteiger partial charge is 1.00 e. The van der Waals surface area contributed by atoms with Crippen molar-refractivity contribution in [1.82, 2.24) is 19.9 Å². The van der Waals surface area contributed by atoms with Gasteiger partial charge >= 0.3 is 41.5 Å². The topological polar surface area (TPSA) is 198 Å².